The molecular weight excluding hydrogens is 448 g/mol. The van der Waals surface area contributed by atoms with Crippen molar-refractivity contribution < 1.29 is 0 Å². The number of hydrogen-bond donors (Lipinski definition) is 1. The van der Waals surface area contributed by atoms with E-state index in [1.807, 2.05) is 28.8 Å². The van der Waals surface area contributed by atoms with E-state index in [2.05, 4.69) is 64.8 Å². The first-order valence-electron chi connectivity index (χ1n) is 13.4. The molecule has 3 aliphatic rings. The van der Waals surface area contributed by atoms with Crippen molar-refractivity contribution in [3.05, 3.63) is 58.9 Å². The fraction of sp³-hybridized carbons (Fsp3) is 0.448. The molecule has 1 N–H and O–H groups in total. The highest BCUT2D eigenvalue weighted by atomic mass is 16.1. The summed E-state index contributed by atoms with van der Waals surface area (Å²) in [4.78, 5) is 29.3. The van der Waals surface area contributed by atoms with Crippen molar-refractivity contribution in [2.75, 3.05) is 57.8 Å². The monoisotopic (exact) mass is 486 g/mol. The number of nitrogens with zero attached hydrogens (tertiary/aromatic N) is 5. The lowest BCUT2D eigenvalue weighted by Gasteiger charge is -2.34. The Hall–Kier alpha value is -3.16. The summed E-state index contributed by atoms with van der Waals surface area (Å²) in [5.41, 5.74) is 5.70. The Morgan fingerprint density at radius 3 is 2.53 bits per heavy atom. The molecule has 3 heterocycles. The van der Waals surface area contributed by atoms with E-state index >= 15 is 0 Å². The molecule has 1 aromatic carbocycles. The summed E-state index contributed by atoms with van der Waals surface area (Å²) in [7, 11) is 2.17. The van der Waals surface area contributed by atoms with Crippen molar-refractivity contribution >= 4 is 16.7 Å². The second-order valence-electron chi connectivity index (χ2n) is 9.85. The third-order valence-electron chi connectivity index (χ3n) is 7.61. The number of unbranched alkanes of at least 4 members (excludes halogenated alkanes) is 1. The van der Waals surface area contributed by atoms with Crippen LogP contribution in [0.1, 0.15) is 26.7 Å². The number of anilines is 1. The van der Waals surface area contributed by atoms with Gasteiger partial charge in [-0.05, 0) is 63.8 Å². The molecule has 0 spiro atoms. The molecule has 7 heteroatoms. The number of piperazine rings is 1. The standard InChI is InChI=1S/C29H38N6O/c1-4-33(5-2)15-9-10-16-35-26-12-8-6-7-11-23(26)27(29(35)36)28-30-24-14-13-22(21-25(24)31-28)34-19-17-32(3)18-20-34/h6-8,11-14,21H,4-5,9-10,15-20H2,1-3H3,(H,30,31). The van der Waals surface area contributed by atoms with E-state index in [1.54, 1.807) is 0 Å². The van der Waals surface area contributed by atoms with Crippen molar-refractivity contribution in [1.29, 1.82) is 0 Å². The topological polar surface area (TPSA) is 60.4 Å². The Morgan fingerprint density at radius 1 is 0.972 bits per heavy atom. The van der Waals surface area contributed by atoms with Crippen molar-refractivity contribution in [3.8, 4) is 22.6 Å². The lowest BCUT2D eigenvalue weighted by molar-refractivity contribution is 0.294. The van der Waals surface area contributed by atoms with Crippen LogP contribution in [0.3, 0.4) is 0 Å². The van der Waals surface area contributed by atoms with Crippen molar-refractivity contribution in [2.45, 2.75) is 33.2 Å². The van der Waals surface area contributed by atoms with Crippen LogP contribution in [-0.4, -0.2) is 77.2 Å². The van der Waals surface area contributed by atoms with E-state index in [9.17, 15) is 4.79 Å². The highest BCUT2D eigenvalue weighted by molar-refractivity contribution is 5.87. The molecule has 0 atom stereocenters. The van der Waals surface area contributed by atoms with Crippen LogP contribution in [0.5, 0.6) is 0 Å². The number of aromatic nitrogens is 3. The fourth-order valence-electron chi connectivity index (χ4n) is 5.32. The summed E-state index contributed by atoms with van der Waals surface area (Å²) in [5.74, 6) is 0.656. The Morgan fingerprint density at radius 2 is 1.75 bits per heavy atom. The van der Waals surface area contributed by atoms with Gasteiger partial charge < -0.3 is 24.3 Å². The summed E-state index contributed by atoms with van der Waals surface area (Å²) >= 11 is 0. The molecule has 0 amide bonds. The zero-order chi connectivity index (χ0) is 25.1. The molecule has 190 valence electrons. The molecule has 0 unspecified atom stereocenters. The zero-order valence-corrected chi connectivity index (χ0v) is 21.8. The number of aromatic amines is 1. The first-order valence-corrected chi connectivity index (χ1v) is 13.4. The Labute approximate surface area is 213 Å². The van der Waals surface area contributed by atoms with Crippen LogP contribution < -0.4 is 10.5 Å². The third kappa shape index (κ3) is 4.90. The number of H-pyrrole nitrogens is 1. The van der Waals surface area contributed by atoms with E-state index in [0.29, 0.717) is 17.9 Å². The summed E-state index contributed by atoms with van der Waals surface area (Å²) in [5, 5.41) is 0. The Bertz CT molecular complexity index is 1330. The molecule has 1 saturated heterocycles. The summed E-state index contributed by atoms with van der Waals surface area (Å²) < 4.78 is 1.94. The van der Waals surface area contributed by atoms with Gasteiger partial charge in [0.2, 0.25) is 0 Å². The van der Waals surface area contributed by atoms with Gasteiger partial charge in [0.1, 0.15) is 5.82 Å². The molecule has 2 aliphatic heterocycles. The molecule has 0 saturated carbocycles. The van der Waals surface area contributed by atoms with E-state index in [4.69, 9.17) is 4.98 Å². The molecule has 0 bridgehead atoms. The second kappa shape index (κ2) is 10.8. The molecule has 1 aliphatic carbocycles. The fourth-order valence-corrected chi connectivity index (χ4v) is 5.32. The summed E-state index contributed by atoms with van der Waals surface area (Å²) in [6.45, 7) is 12.5. The molecule has 7 nitrogen and oxygen atoms in total. The predicted molar refractivity (Wildman–Crippen MR) is 149 cm³/mol. The average Bonchev–Trinajstić information content (AvgIpc) is 3.31. The average molecular weight is 487 g/mol. The van der Waals surface area contributed by atoms with Gasteiger partial charge in [-0.15, -0.1) is 0 Å². The summed E-state index contributed by atoms with van der Waals surface area (Å²) in [6, 6.07) is 16.5. The highest BCUT2D eigenvalue weighted by Gasteiger charge is 2.23. The van der Waals surface area contributed by atoms with E-state index in [0.717, 1.165) is 80.9 Å². The second-order valence-corrected chi connectivity index (χ2v) is 9.85. The predicted octanol–water partition coefficient (Wildman–Crippen LogP) is 4.37. The molecule has 1 fully saturated rings. The van der Waals surface area contributed by atoms with Gasteiger partial charge in [-0.1, -0.05) is 38.1 Å². The first kappa shape index (κ1) is 24.5. The zero-order valence-electron chi connectivity index (χ0n) is 21.8. The van der Waals surface area contributed by atoms with Crippen LogP contribution in [0, 0.1) is 0 Å². The Kier molecular flexibility index (Phi) is 7.39. The summed E-state index contributed by atoms with van der Waals surface area (Å²) in [6.07, 6.45) is 2.05. The lowest BCUT2D eigenvalue weighted by atomic mass is 10.1. The van der Waals surface area contributed by atoms with Crippen molar-refractivity contribution in [3.63, 3.8) is 0 Å². The van der Waals surface area contributed by atoms with Crippen LogP contribution in [0.15, 0.2) is 53.3 Å². The highest BCUT2D eigenvalue weighted by Crippen LogP contribution is 2.32. The van der Waals surface area contributed by atoms with Crippen LogP contribution >= 0.6 is 0 Å². The number of imidazole rings is 1. The van der Waals surface area contributed by atoms with Crippen LogP contribution in [0.4, 0.5) is 5.69 Å². The van der Waals surface area contributed by atoms with Crippen LogP contribution in [0.2, 0.25) is 0 Å². The smallest absolute Gasteiger partial charge is 0.262 e. The maximum atomic E-state index is 13.7. The van der Waals surface area contributed by atoms with Gasteiger partial charge in [-0.25, -0.2) is 4.98 Å². The lowest BCUT2D eigenvalue weighted by Crippen LogP contribution is -2.44. The molecule has 0 radical (unpaired) electrons. The molecule has 1 aromatic heterocycles. The Balaban J connectivity index is 1.45. The van der Waals surface area contributed by atoms with Gasteiger partial charge in [0, 0.05) is 44.0 Å². The van der Waals surface area contributed by atoms with Gasteiger partial charge in [0.25, 0.3) is 5.56 Å². The quantitative estimate of drug-likeness (QED) is 0.356. The van der Waals surface area contributed by atoms with Gasteiger partial charge in [-0.3, -0.25) is 4.79 Å². The minimum atomic E-state index is 0.0392. The SMILES string of the molecule is CCN(CC)CCCCn1c2cccccc-2c(-c2nc3ccc(N4CCN(C)CC4)cc3[nH]2)c1=O. The minimum absolute atomic E-state index is 0.0392. The third-order valence-corrected chi connectivity index (χ3v) is 7.61. The number of hydrogen-bond acceptors (Lipinski definition) is 5. The molecular formula is C29H38N6O. The minimum Gasteiger partial charge on any atom is -0.369 e. The van der Waals surface area contributed by atoms with Gasteiger partial charge in [-0.2, -0.15) is 0 Å². The van der Waals surface area contributed by atoms with Gasteiger partial charge in [0.05, 0.1) is 22.3 Å². The maximum Gasteiger partial charge on any atom is 0.262 e. The maximum absolute atomic E-state index is 13.7. The molecule has 2 aromatic rings. The van der Waals surface area contributed by atoms with Crippen molar-refractivity contribution in [2.24, 2.45) is 0 Å². The number of benzene rings is 1. The number of likely N-dealkylation sites (N-methyl/N-ethyl adjacent to an activating group) is 1. The van der Waals surface area contributed by atoms with E-state index in [1.165, 1.54) is 5.69 Å². The van der Waals surface area contributed by atoms with Gasteiger partial charge in [0.15, 0.2) is 0 Å². The first-order chi connectivity index (χ1) is 17.6. The number of fused-ring (bicyclic) bond motifs is 2. The van der Waals surface area contributed by atoms with Crippen molar-refractivity contribution in [1.82, 2.24) is 24.3 Å². The number of nitrogens with one attached hydrogen (secondary N) is 1. The normalized spacial score (nSPS) is 14.9. The van der Waals surface area contributed by atoms with E-state index < -0.39 is 0 Å². The molecule has 5 rings (SSSR count). The van der Waals surface area contributed by atoms with Crippen LogP contribution in [0.25, 0.3) is 33.7 Å². The largest absolute Gasteiger partial charge is 0.369 e. The van der Waals surface area contributed by atoms with E-state index in [-0.39, 0.29) is 5.56 Å². The van der Waals surface area contributed by atoms with Crippen LogP contribution in [-0.2, 0) is 6.54 Å². The van der Waals surface area contributed by atoms with Gasteiger partial charge >= 0.3 is 0 Å². The molecule has 36 heavy (non-hydrogen) atoms. The number of rotatable bonds is 9.